The van der Waals surface area contributed by atoms with Crippen molar-refractivity contribution in [3.05, 3.63) is 34.5 Å². The summed E-state index contributed by atoms with van der Waals surface area (Å²) < 4.78 is 7.18. The monoisotopic (exact) mass is 352 g/mol. The maximum Gasteiger partial charge on any atom is 0.297 e. The van der Waals surface area contributed by atoms with E-state index >= 15 is 0 Å². The van der Waals surface area contributed by atoms with E-state index in [0.717, 1.165) is 25.9 Å². The van der Waals surface area contributed by atoms with E-state index in [4.69, 9.17) is 4.52 Å². The molecule has 4 heterocycles. The Morgan fingerprint density at radius 2 is 2.39 bits per heavy atom. The van der Waals surface area contributed by atoms with Gasteiger partial charge in [0.15, 0.2) is 5.82 Å². The number of piperidine rings is 1. The molecule has 3 aromatic heterocycles. The van der Waals surface area contributed by atoms with Crippen molar-refractivity contribution >= 4 is 23.7 Å². The van der Waals surface area contributed by atoms with Crippen molar-refractivity contribution < 1.29 is 4.52 Å². The smallest absolute Gasteiger partial charge is 0.297 e. The molecule has 0 aliphatic carbocycles. The molecule has 0 amide bonds. The summed E-state index contributed by atoms with van der Waals surface area (Å²) in [6.45, 7) is 2.00. The average molecular weight is 353 g/mol. The van der Waals surface area contributed by atoms with Gasteiger partial charge < -0.3 is 9.84 Å². The van der Waals surface area contributed by atoms with Crippen LogP contribution in [0.25, 0.3) is 11.7 Å². The molecular weight excluding hydrogens is 336 g/mol. The van der Waals surface area contributed by atoms with E-state index in [2.05, 4.69) is 31.6 Å². The van der Waals surface area contributed by atoms with Crippen molar-refractivity contribution in [1.82, 2.24) is 30.2 Å². The summed E-state index contributed by atoms with van der Waals surface area (Å²) in [5.41, 5.74) is 0. The van der Waals surface area contributed by atoms with Crippen molar-refractivity contribution in [3.63, 3.8) is 0 Å². The molecule has 23 heavy (non-hydrogen) atoms. The Bertz CT molecular complexity index is 734. The van der Waals surface area contributed by atoms with Gasteiger partial charge in [0.05, 0.1) is 6.04 Å². The number of nitrogens with one attached hydrogen (secondary N) is 1. The van der Waals surface area contributed by atoms with Gasteiger partial charge in [0.1, 0.15) is 6.33 Å². The molecule has 1 aliphatic rings. The minimum absolute atomic E-state index is 0. The van der Waals surface area contributed by atoms with Gasteiger partial charge in [0.2, 0.25) is 5.82 Å². The predicted molar refractivity (Wildman–Crippen MR) is 88.8 cm³/mol. The number of halogens is 1. The molecule has 122 valence electrons. The lowest BCUT2D eigenvalue weighted by atomic mass is 10.1. The fourth-order valence-electron chi connectivity index (χ4n) is 2.59. The first-order valence-corrected chi connectivity index (χ1v) is 8.23. The third-order valence-corrected chi connectivity index (χ3v) is 4.60. The zero-order chi connectivity index (χ0) is 14.8. The average Bonchev–Trinajstić information content (AvgIpc) is 3.30. The molecule has 1 fully saturated rings. The van der Waals surface area contributed by atoms with Crippen molar-refractivity contribution in [2.45, 2.75) is 25.3 Å². The molecule has 0 radical (unpaired) electrons. The van der Waals surface area contributed by atoms with Gasteiger partial charge in [-0.3, -0.25) is 0 Å². The van der Waals surface area contributed by atoms with Crippen LogP contribution in [0.3, 0.4) is 0 Å². The lowest BCUT2D eigenvalue weighted by molar-refractivity contribution is 0.345. The third-order valence-electron chi connectivity index (χ3n) is 3.73. The number of rotatable bonds is 4. The second-order valence-electron chi connectivity index (χ2n) is 5.32. The van der Waals surface area contributed by atoms with E-state index in [1.165, 1.54) is 4.88 Å². The van der Waals surface area contributed by atoms with E-state index in [0.29, 0.717) is 30.0 Å². The first-order valence-electron chi connectivity index (χ1n) is 7.36. The van der Waals surface area contributed by atoms with Gasteiger partial charge in [-0.25, -0.2) is 9.67 Å². The Kier molecular flexibility index (Phi) is 5.04. The van der Waals surface area contributed by atoms with Gasteiger partial charge in [0, 0.05) is 17.8 Å². The minimum Gasteiger partial charge on any atom is -0.330 e. The van der Waals surface area contributed by atoms with Crippen LogP contribution >= 0.6 is 23.7 Å². The minimum atomic E-state index is 0. The Labute approximate surface area is 143 Å². The molecule has 7 nitrogen and oxygen atoms in total. The van der Waals surface area contributed by atoms with E-state index in [-0.39, 0.29) is 12.4 Å². The van der Waals surface area contributed by atoms with E-state index in [1.54, 1.807) is 17.7 Å². The van der Waals surface area contributed by atoms with E-state index in [9.17, 15) is 0 Å². The maximum absolute atomic E-state index is 5.29. The van der Waals surface area contributed by atoms with E-state index < -0.39 is 0 Å². The third kappa shape index (κ3) is 3.60. The highest BCUT2D eigenvalue weighted by Crippen LogP contribution is 2.19. The second kappa shape index (κ2) is 7.20. The lowest BCUT2D eigenvalue weighted by Gasteiger charge is -2.22. The fourth-order valence-corrected chi connectivity index (χ4v) is 3.30. The normalized spacial score (nSPS) is 17.8. The highest BCUT2D eigenvalue weighted by atomic mass is 35.5. The van der Waals surface area contributed by atoms with E-state index in [1.807, 2.05) is 16.1 Å². The van der Waals surface area contributed by atoms with Crippen LogP contribution in [0.2, 0.25) is 0 Å². The first kappa shape index (κ1) is 16.1. The van der Waals surface area contributed by atoms with Gasteiger partial charge >= 0.3 is 0 Å². The summed E-state index contributed by atoms with van der Waals surface area (Å²) in [5, 5.41) is 13.9. The Hall–Kier alpha value is -1.77. The number of nitrogens with zero attached hydrogens (tertiary/aromatic N) is 5. The van der Waals surface area contributed by atoms with Crippen LogP contribution in [0.4, 0.5) is 0 Å². The van der Waals surface area contributed by atoms with Crippen LogP contribution in [0, 0.1) is 0 Å². The highest BCUT2D eigenvalue weighted by Gasteiger charge is 2.19. The highest BCUT2D eigenvalue weighted by molar-refractivity contribution is 7.09. The molecule has 0 spiro atoms. The molecule has 0 saturated carbocycles. The van der Waals surface area contributed by atoms with Crippen LogP contribution in [0.1, 0.15) is 29.6 Å². The molecule has 3 aromatic rings. The SMILES string of the molecule is Cl.c1csc(Cc2noc(-c3ncn(C4CCCNC4)n3)n2)c1. The largest absolute Gasteiger partial charge is 0.330 e. The summed E-state index contributed by atoms with van der Waals surface area (Å²) in [4.78, 5) is 9.90. The molecule has 1 atom stereocenters. The zero-order valence-electron chi connectivity index (χ0n) is 12.4. The Morgan fingerprint density at radius 3 is 3.17 bits per heavy atom. The molecule has 1 aliphatic heterocycles. The van der Waals surface area contributed by atoms with Crippen LogP contribution < -0.4 is 5.32 Å². The molecule has 1 N–H and O–H groups in total. The zero-order valence-corrected chi connectivity index (χ0v) is 14.0. The molecule has 1 saturated heterocycles. The standard InChI is InChI=1S/C14H16N6OS.ClH/c1-3-10(8-15-5-1)20-9-16-13(18-20)14-17-12(19-21-14)7-11-4-2-6-22-11;/h2,4,6,9-10,15H,1,3,5,7-8H2;1H. The van der Waals surface area contributed by atoms with Crippen LogP contribution in [0.15, 0.2) is 28.4 Å². The molecular formula is C14H17ClN6OS. The van der Waals surface area contributed by atoms with Crippen molar-refractivity contribution in [1.29, 1.82) is 0 Å². The maximum atomic E-state index is 5.29. The molecule has 0 bridgehead atoms. The van der Waals surface area contributed by atoms with Gasteiger partial charge in [-0.05, 0) is 30.8 Å². The van der Waals surface area contributed by atoms with Crippen molar-refractivity contribution in [3.8, 4) is 11.7 Å². The van der Waals surface area contributed by atoms with Gasteiger partial charge in [0.25, 0.3) is 5.89 Å². The summed E-state index contributed by atoms with van der Waals surface area (Å²) in [6.07, 6.45) is 4.69. The Morgan fingerprint density at radius 1 is 1.43 bits per heavy atom. The summed E-state index contributed by atoms with van der Waals surface area (Å²) in [6, 6.07) is 4.43. The number of aromatic nitrogens is 5. The fraction of sp³-hybridized carbons (Fsp3) is 0.429. The predicted octanol–water partition coefficient (Wildman–Crippen LogP) is 2.33. The molecule has 4 rings (SSSR count). The number of hydrogen-bond donors (Lipinski definition) is 1. The van der Waals surface area contributed by atoms with Crippen molar-refractivity contribution in [2.75, 3.05) is 13.1 Å². The summed E-state index contributed by atoms with van der Waals surface area (Å²) in [7, 11) is 0. The van der Waals surface area contributed by atoms with Crippen LogP contribution in [-0.4, -0.2) is 38.0 Å². The van der Waals surface area contributed by atoms with Crippen molar-refractivity contribution in [2.24, 2.45) is 0 Å². The number of thiophene rings is 1. The quantitative estimate of drug-likeness (QED) is 0.776. The number of hydrogen-bond acceptors (Lipinski definition) is 7. The molecule has 9 heteroatoms. The Balaban J connectivity index is 0.00000156. The second-order valence-corrected chi connectivity index (χ2v) is 6.35. The molecule has 0 aromatic carbocycles. The first-order chi connectivity index (χ1) is 10.9. The molecule has 1 unspecified atom stereocenters. The van der Waals surface area contributed by atoms with Gasteiger partial charge in [-0.1, -0.05) is 11.2 Å². The topological polar surface area (TPSA) is 81.7 Å². The van der Waals surface area contributed by atoms with Crippen LogP contribution in [0.5, 0.6) is 0 Å². The summed E-state index contributed by atoms with van der Waals surface area (Å²) >= 11 is 1.68. The van der Waals surface area contributed by atoms with Gasteiger partial charge in [-0.2, -0.15) is 4.98 Å². The summed E-state index contributed by atoms with van der Waals surface area (Å²) in [5.74, 6) is 1.54. The van der Waals surface area contributed by atoms with Crippen LogP contribution in [-0.2, 0) is 6.42 Å². The lowest BCUT2D eigenvalue weighted by Crippen LogP contribution is -2.31. The van der Waals surface area contributed by atoms with Gasteiger partial charge in [-0.15, -0.1) is 28.8 Å².